The smallest absolute Gasteiger partial charge is 0.407 e. The van der Waals surface area contributed by atoms with Crippen LogP contribution in [0.3, 0.4) is 0 Å². The number of hydrogen-bond donors (Lipinski definition) is 2. The molecule has 1 aromatic carbocycles. The van der Waals surface area contributed by atoms with E-state index in [0.717, 1.165) is 22.0 Å². The van der Waals surface area contributed by atoms with Crippen molar-refractivity contribution in [3.05, 3.63) is 66.1 Å². The minimum atomic E-state index is -0.389. The number of amides is 1. The van der Waals surface area contributed by atoms with Crippen molar-refractivity contribution < 1.29 is 9.53 Å². The maximum atomic E-state index is 12.3. The Morgan fingerprint density at radius 3 is 2.69 bits per heavy atom. The Kier molecular flexibility index (Phi) is 5.26. The van der Waals surface area contributed by atoms with Gasteiger partial charge in [-0.25, -0.2) is 4.79 Å². The van der Waals surface area contributed by atoms with Gasteiger partial charge in [0.15, 0.2) is 0 Å². The van der Waals surface area contributed by atoms with E-state index in [-0.39, 0.29) is 17.7 Å². The summed E-state index contributed by atoms with van der Waals surface area (Å²) >= 11 is 0. The Hall–Kier alpha value is -2.82. The lowest BCUT2D eigenvalue weighted by Gasteiger charge is -2.24. The molecule has 3 rings (SSSR count). The summed E-state index contributed by atoms with van der Waals surface area (Å²) in [6.45, 7) is 5.81. The van der Waals surface area contributed by atoms with Gasteiger partial charge in [-0.05, 0) is 38.0 Å². The lowest BCUT2D eigenvalue weighted by atomic mass is 10.0. The van der Waals surface area contributed by atoms with Crippen LogP contribution >= 0.6 is 0 Å². The van der Waals surface area contributed by atoms with Gasteiger partial charge < -0.3 is 15.0 Å². The molecule has 2 aromatic heterocycles. The third-order valence-corrected chi connectivity index (χ3v) is 4.07. The summed E-state index contributed by atoms with van der Waals surface area (Å²) in [6.07, 6.45) is 6.20. The Morgan fingerprint density at radius 1 is 1.19 bits per heavy atom. The van der Waals surface area contributed by atoms with Gasteiger partial charge in [-0.1, -0.05) is 30.3 Å². The summed E-state index contributed by atoms with van der Waals surface area (Å²) in [6, 6.07) is 12.1. The van der Waals surface area contributed by atoms with Crippen LogP contribution in [0.25, 0.3) is 10.9 Å². The van der Waals surface area contributed by atoms with Gasteiger partial charge in [0.25, 0.3) is 0 Å². The third kappa shape index (κ3) is 4.85. The van der Waals surface area contributed by atoms with Crippen LogP contribution in [0, 0.1) is 0 Å². The second-order valence-electron chi connectivity index (χ2n) is 7.53. The second kappa shape index (κ2) is 7.60. The third-order valence-electron chi connectivity index (χ3n) is 4.07. The number of nitrogens with zero attached hydrogens (tertiary/aromatic N) is 1. The highest BCUT2D eigenvalue weighted by atomic mass is 16.6. The van der Waals surface area contributed by atoms with Gasteiger partial charge in [-0.15, -0.1) is 0 Å². The average Bonchev–Trinajstić information content (AvgIpc) is 2.97. The Balaban J connectivity index is 1.79. The molecule has 0 aliphatic carbocycles. The number of carbonyl (C=O) groups excluding carboxylic acids is 1. The summed E-state index contributed by atoms with van der Waals surface area (Å²) in [5, 5.41) is 3.98. The van der Waals surface area contributed by atoms with E-state index in [4.69, 9.17) is 4.74 Å². The summed E-state index contributed by atoms with van der Waals surface area (Å²) in [7, 11) is 0. The predicted molar refractivity (Wildman–Crippen MR) is 103 cm³/mol. The van der Waals surface area contributed by atoms with E-state index < -0.39 is 0 Å². The zero-order valence-corrected chi connectivity index (χ0v) is 15.5. The fraction of sp³-hybridized carbons (Fsp3) is 0.333. The summed E-state index contributed by atoms with van der Waals surface area (Å²) in [5.41, 5.74) is 2.91. The quantitative estimate of drug-likeness (QED) is 0.722. The van der Waals surface area contributed by atoms with E-state index in [2.05, 4.69) is 27.4 Å². The Bertz CT molecular complexity index is 866. The molecule has 136 valence electrons. The number of pyridine rings is 1. The minimum absolute atomic E-state index is 0.257. The van der Waals surface area contributed by atoms with Gasteiger partial charge in [-0.2, -0.15) is 0 Å². The van der Waals surface area contributed by atoms with Crippen molar-refractivity contribution in [2.24, 2.45) is 0 Å². The first-order valence-electron chi connectivity index (χ1n) is 8.83. The van der Waals surface area contributed by atoms with Gasteiger partial charge in [0.2, 0.25) is 0 Å². The molecular formula is C21H25N3O2. The number of nitrogens with one attached hydrogen (secondary N) is 2. The van der Waals surface area contributed by atoms with Crippen molar-refractivity contribution in [1.82, 2.24) is 15.3 Å². The maximum Gasteiger partial charge on any atom is 0.407 e. The second-order valence-corrected chi connectivity index (χ2v) is 7.53. The van der Waals surface area contributed by atoms with Crippen LogP contribution in [0.5, 0.6) is 0 Å². The van der Waals surface area contributed by atoms with Crippen molar-refractivity contribution in [3.8, 4) is 0 Å². The van der Waals surface area contributed by atoms with Crippen molar-refractivity contribution >= 4 is 17.0 Å². The monoisotopic (exact) mass is 351 g/mol. The van der Waals surface area contributed by atoms with Crippen LogP contribution in [0.1, 0.15) is 31.9 Å². The molecule has 2 N–H and O–H groups in total. The molecule has 1 atom stereocenters. The zero-order chi connectivity index (χ0) is 18.6. The van der Waals surface area contributed by atoms with Crippen LogP contribution in [-0.4, -0.2) is 27.7 Å². The summed E-state index contributed by atoms with van der Waals surface area (Å²) < 4.78 is 5.77. The van der Waals surface area contributed by atoms with Crippen LogP contribution in [-0.2, 0) is 17.6 Å². The maximum absolute atomic E-state index is 12.3. The van der Waals surface area contributed by atoms with E-state index in [1.165, 1.54) is 0 Å². The summed E-state index contributed by atoms with van der Waals surface area (Å²) in [5.74, 6) is 0. The lowest BCUT2D eigenvalue weighted by Crippen LogP contribution is -2.42. The molecule has 0 spiro atoms. The van der Waals surface area contributed by atoms with Gasteiger partial charge in [0, 0.05) is 36.2 Å². The van der Waals surface area contributed by atoms with Crippen LogP contribution in [0.4, 0.5) is 4.79 Å². The molecule has 0 saturated heterocycles. The first kappa shape index (κ1) is 18.0. The van der Waals surface area contributed by atoms with E-state index >= 15 is 0 Å². The number of fused-ring (bicyclic) bond motifs is 1. The lowest BCUT2D eigenvalue weighted by molar-refractivity contribution is 0.0913. The van der Waals surface area contributed by atoms with Gasteiger partial charge >= 0.3 is 6.09 Å². The molecule has 0 saturated carbocycles. The molecule has 0 bridgehead atoms. The van der Waals surface area contributed by atoms with E-state index in [1.54, 1.807) is 12.4 Å². The van der Waals surface area contributed by atoms with Crippen molar-refractivity contribution in [2.45, 2.75) is 45.3 Å². The van der Waals surface area contributed by atoms with Crippen LogP contribution in [0.15, 0.2) is 55.0 Å². The van der Waals surface area contributed by atoms with Gasteiger partial charge in [-0.3, -0.25) is 4.98 Å². The molecule has 2 heterocycles. The van der Waals surface area contributed by atoms with Crippen LogP contribution < -0.4 is 5.32 Å². The molecule has 0 aliphatic rings. The largest absolute Gasteiger partial charge is 0.446 e. The minimum Gasteiger partial charge on any atom is -0.446 e. The number of H-pyrrole nitrogens is 1. The molecular weight excluding hydrogens is 326 g/mol. The normalized spacial score (nSPS) is 12.7. The molecule has 1 amide bonds. The number of rotatable bonds is 5. The molecule has 3 aromatic rings. The first-order valence-corrected chi connectivity index (χ1v) is 8.83. The SMILES string of the molecule is CC(C)(C)NC(=O)O[C@H](Cc1ccccc1)Cc1c[nH]c2cnccc12. The molecule has 0 aliphatic heterocycles. The predicted octanol–water partition coefficient (Wildman–Crippen LogP) is 4.24. The summed E-state index contributed by atoms with van der Waals surface area (Å²) in [4.78, 5) is 19.7. The molecule has 0 fully saturated rings. The van der Waals surface area contributed by atoms with Crippen molar-refractivity contribution in [1.29, 1.82) is 0 Å². The molecule has 0 radical (unpaired) electrons. The number of alkyl carbamates (subject to hydrolysis) is 1. The molecule has 5 nitrogen and oxygen atoms in total. The van der Waals surface area contributed by atoms with Crippen molar-refractivity contribution in [3.63, 3.8) is 0 Å². The average molecular weight is 351 g/mol. The van der Waals surface area contributed by atoms with Gasteiger partial charge in [0.1, 0.15) is 6.10 Å². The number of ether oxygens (including phenoxy) is 1. The number of aromatic nitrogens is 2. The standard InChI is InChI=1S/C21H25N3O2/c1-21(2,3)24-20(25)26-17(11-15-7-5-4-6-8-15)12-16-13-23-19-14-22-10-9-18(16)19/h4-10,13-14,17,23H,11-12H2,1-3H3,(H,24,25)/t17-/m1/s1. The number of hydrogen-bond acceptors (Lipinski definition) is 3. The van der Waals surface area contributed by atoms with E-state index in [9.17, 15) is 4.79 Å². The first-order chi connectivity index (χ1) is 12.4. The van der Waals surface area contributed by atoms with E-state index in [1.807, 2.05) is 51.2 Å². The molecule has 0 unspecified atom stereocenters. The molecule has 26 heavy (non-hydrogen) atoms. The number of carbonyl (C=O) groups is 1. The van der Waals surface area contributed by atoms with Crippen LogP contribution in [0.2, 0.25) is 0 Å². The van der Waals surface area contributed by atoms with E-state index in [0.29, 0.717) is 12.8 Å². The van der Waals surface area contributed by atoms with Crippen molar-refractivity contribution in [2.75, 3.05) is 0 Å². The fourth-order valence-corrected chi connectivity index (χ4v) is 2.97. The number of benzene rings is 1. The highest BCUT2D eigenvalue weighted by molar-refractivity contribution is 5.82. The Morgan fingerprint density at radius 2 is 1.96 bits per heavy atom. The topological polar surface area (TPSA) is 67.0 Å². The molecule has 5 heteroatoms. The fourth-order valence-electron chi connectivity index (χ4n) is 2.97. The number of aromatic amines is 1. The highest BCUT2D eigenvalue weighted by Gasteiger charge is 2.21. The highest BCUT2D eigenvalue weighted by Crippen LogP contribution is 2.21. The van der Waals surface area contributed by atoms with Gasteiger partial charge in [0.05, 0.1) is 11.7 Å². The Labute approximate surface area is 153 Å². The zero-order valence-electron chi connectivity index (χ0n) is 15.5.